The summed E-state index contributed by atoms with van der Waals surface area (Å²) in [5.74, 6) is -0.628. The Bertz CT molecular complexity index is 336. The molecule has 1 aliphatic heterocycles. The smallest absolute Gasteiger partial charge is 0.405 e. The highest BCUT2D eigenvalue weighted by atomic mass is 19.4. The van der Waals surface area contributed by atoms with Gasteiger partial charge in [0, 0.05) is 19.6 Å². The molecule has 6 nitrogen and oxygen atoms in total. The molecular weight excluding hydrogens is 267 g/mol. The van der Waals surface area contributed by atoms with Crippen molar-refractivity contribution in [3.8, 4) is 0 Å². The molecule has 0 radical (unpaired) electrons. The van der Waals surface area contributed by atoms with Gasteiger partial charge in [0.25, 0.3) is 0 Å². The number of nitrogens with one attached hydrogen (secondary N) is 2. The first-order valence-corrected chi connectivity index (χ1v) is 5.83. The highest BCUT2D eigenvalue weighted by Crippen LogP contribution is 2.13. The second-order valence-corrected chi connectivity index (χ2v) is 3.94. The minimum absolute atomic E-state index is 0.146. The summed E-state index contributed by atoms with van der Waals surface area (Å²) in [5, 5.41) is 4.63. The maximum absolute atomic E-state index is 12.0. The summed E-state index contributed by atoms with van der Waals surface area (Å²) in [6, 6.07) is -1.82. The van der Waals surface area contributed by atoms with Crippen LogP contribution in [0.15, 0.2) is 0 Å². The van der Waals surface area contributed by atoms with Gasteiger partial charge in [-0.25, -0.2) is 9.59 Å². The van der Waals surface area contributed by atoms with Crippen LogP contribution in [0.1, 0.15) is 6.92 Å². The lowest BCUT2D eigenvalue weighted by molar-refractivity contribution is -0.149. The van der Waals surface area contributed by atoms with Crippen LogP contribution in [0.4, 0.5) is 18.0 Å². The van der Waals surface area contributed by atoms with Crippen molar-refractivity contribution in [1.82, 2.24) is 15.5 Å². The van der Waals surface area contributed by atoms with Gasteiger partial charge in [0.1, 0.15) is 12.6 Å². The molecule has 2 amide bonds. The predicted molar refractivity (Wildman–Crippen MR) is 59.5 cm³/mol. The van der Waals surface area contributed by atoms with Gasteiger partial charge in [-0.05, 0) is 6.92 Å². The number of piperazine rings is 1. The number of carbonyl (C=O) groups excluding carboxylic acids is 2. The summed E-state index contributed by atoms with van der Waals surface area (Å²) in [6.07, 6.45) is -4.48. The Hall–Kier alpha value is -1.51. The van der Waals surface area contributed by atoms with E-state index in [1.54, 1.807) is 12.2 Å². The van der Waals surface area contributed by atoms with E-state index in [-0.39, 0.29) is 19.7 Å². The van der Waals surface area contributed by atoms with Crippen LogP contribution >= 0.6 is 0 Å². The van der Waals surface area contributed by atoms with E-state index < -0.39 is 30.8 Å². The molecule has 9 heteroatoms. The molecule has 1 atom stereocenters. The fraction of sp³-hybridized carbons (Fsp3) is 0.800. The van der Waals surface area contributed by atoms with Gasteiger partial charge in [-0.15, -0.1) is 0 Å². The Kier molecular flexibility index (Phi) is 5.40. The summed E-state index contributed by atoms with van der Waals surface area (Å²) in [4.78, 5) is 24.3. The van der Waals surface area contributed by atoms with E-state index in [2.05, 4.69) is 5.32 Å². The number of hydrogen-bond acceptors (Lipinski definition) is 4. The van der Waals surface area contributed by atoms with Gasteiger partial charge in [-0.1, -0.05) is 0 Å². The minimum Gasteiger partial charge on any atom is -0.464 e. The van der Waals surface area contributed by atoms with Crippen molar-refractivity contribution in [3.63, 3.8) is 0 Å². The lowest BCUT2D eigenvalue weighted by Crippen LogP contribution is -2.60. The van der Waals surface area contributed by atoms with Gasteiger partial charge in [-0.2, -0.15) is 13.2 Å². The lowest BCUT2D eigenvalue weighted by Gasteiger charge is -2.34. The van der Waals surface area contributed by atoms with E-state index in [0.717, 1.165) is 4.90 Å². The molecule has 0 spiro atoms. The highest BCUT2D eigenvalue weighted by Gasteiger charge is 2.35. The molecule has 0 aromatic carbocycles. The van der Waals surface area contributed by atoms with Gasteiger partial charge in [-0.3, -0.25) is 0 Å². The second kappa shape index (κ2) is 6.60. The standard InChI is InChI=1S/C10H16F3N3O3/c1-2-19-8(17)7-5-14-3-4-16(7)9(18)15-6-10(11,12)13/h7,14H,2-6H2,1H3,(H,15,18). The molecule has 1 rings (SSSR count). The van der Waals surface area contributed by atoms with Crippen molar-refractivity contribution in [2.45, 2.75) is 19.1 Å². The van der Waals surface area contributed by atoms with Crippen LogP contribution in [0.25, 0.3) is 0 Å². The maximum Gasteiger partial charge on any atom is 0.405 e. The molecule has 1 heterocycles. The summed E-state index contributed by atoms with van der Waals surface area (Å²) in [7, 11) is 0. The van der Waals surface area contributed by atoms with Crippen molar-refractivity contribution in [2.75, 3.05) is 32.8 Å². The average Bonchev–Trinajstić information content (AvgIpc) is 2.35. The normalized spacial score (nSPS) is 20.0. The Morgan fingerprint density at radius 1 is 1.47 bits per heavy atom. The first kappa shape index (κ1) is 15.5. The topological polar surface area (TPSA) is 70.7 Å². The Labute approximate surface area is 108 Å². The van der Waals surface area contributed by atoms with Crippen molar-refractivity contribution < 1.29 is 27.5 Å². The molecule has 0 aliphatic carbocycles. The van der Waals surface area contributed by atoms with Crippen LogP contribution in [0.2, 0.25) is 0 Å². The molecule has 1 aliphatic rings. The van der Waals surface area contributed by atoms with E-state index in [9.17, 15) is 22.8 Å². The summed E-state index contributed by atoms with van der Waals surface area (Å²) in [5.41, 5.74) is 0. The molecule has 2 N–H and O–H groups in total. The third-order valence-corrected chi connectivity index (χ3v) is 2.50. The molecule has 19 heavy (non-hydrogen) atoms. The first-order valence-electron chi connectivity index (χ1n) is 5.83. The van der Waals surface area contributed by atoms with Crippen LogP contribution in [0, 0.1) is 0 Å². The number of esters is 1. The molecule has 0 aromatic rings. The van der Waals surface area contributed by atoms with Crippen LogP contribution in [0.5, 0.6) is 0 Å². The van der Waals surface area contributed by atoms with E-state index in [1.165, 1.54) is 0 Å². The van der Waals surface area contributed by atoms with E-state index in [0.29, 0.717) is 6.54 Å². The van der Waals surface area contributed by atoms with Crippen LogP contribution in [0.3, 0.4) is 0 Å². The van der Waals surface area contributed by atoms with E-state index in [1.807, 2.05) is 0 Å². The Morgan fingerprint density at radius 3 is 2.74 bits per heavy atom. The molecule has 0 bridgehead atoms. The number of halogens is 3. The second-order valence-electron chi connectivity index (χ2n) is 3.94. The largest absolute Gasteiger partial charge is 0.464 e. The molecule has 0 saturated carbocycles. The molecule has 1 fully saturated rings. The number of urea groups is 1. The van der Waals surface area contributed by atoms with Crippen molar-refractivity contribution in [3.05, 3.63) is 0 Å². The Morgan fingerprint density at radius 2 is 2.16 bits per heavy atom. The fourth-order valence-electron chi connectivity index (χ4n) is 1.67. The quantitative estimate of drug-likeness (QED) is 0.720. The van der Waals surface area contributed by atoms with Gasteiger partial charge in [0.15, 0.2) is 0 Å². The summed E-state index contributed by atoms with van der Waals surface area (Å²) < 4.78 is 40.9. The minimum atomic E-state index is -4.48. The molecule has 0 aromatic heterocycles. The van der Waals surface area contributed by atoms with Crippen molar-refractivity contribution in [1.29, 1.82) is 0 Å². The summed E-state index contributed by atoms with van der Waals surface area (Å²) in [6.45, 7) is 1.06. The van der Waals surface area contributed by atoms with Gasteiger partial charge in [0.05, 0.1) is 6.61 Å². The number of rotatable bonds is 3. The van der Waals surface area contributed by atoms with Gasteiger partial charge in [0.2, 0.25) is 0 Å². The third-order valence-electron chi connectivity index (χ3n) is 2.50. The lowest BCUT2D eigenvalue weighted by atomic mass is 10.2. The summed E-state index contributed by atoms with van der Waals surface area (Å²) >= 11 is 0. The van der Waals surface area contributed by atoms with Crippen molar-refractivity contribution in [2.24, 2.45) is 0 Å². The number of ether oxygens (including phenoxy) is 1. The van der Waals surface area contributed by atoms with Gasteiger partial charge >= 0.3 is 18.2 Å². The van der Waals surface area contributed by atoms with E-state index >= 15 is 0 Å². The number of alkyl halides is 3. The van der Waals surface area contributed by atoms with E-state index in [4.69, 9.17) is 4.74 Å². The number of hydrogen-bond donors (Lipinski definition) is 2. The first-order chi connectivity index (χ1) is 8.85. The zero-order valence-corrected chi connectivity index (χ0v) is 10.4. The third kappa shape index (κ3) is 4.93. The zero-order chi connectivity index (χ0) is 14.5. The Balaban J connectivity index is 2.61. The maximum atomic E-state index is 12.0. The number of carbonyl (C=O) groups is 2. The average molecular weight is 283 g/mol. The molecule has 110 valence electrons. The number of amides is 2. The molecule has 1 saturated heterocycles. The SMILES string of the molecule is CCOC(=O)C1CNCCN1C(=O)NCC(F)(F)F. The fourth-order valence-corrected chi connectivity index (χ4v) is 1.67. The molecular formula is C10H16F3N3O3. The van der Waals surface area contributed by atoms with Gasteiger partial charge < -0.3 is 20.3 Å². The molecule has 1 unspecified atom stereocenters. The zero-order valence-electron chi connectivity index (χ0n) is 10.4. The number of nitrogens with zero attached hydrogens (tertiary/aromatic N) is 1. The predicted octanol–water partition coefficient (Wildman–Crippen LogP) is 0.0952. The highest BCUT2D eigenvalue weighted by molar-refractivity contribution is 5.84. The van der Waals surface area contributed by atoms with Crippen molar-refractivity contribution >= 4 is 12.0 Å². The van der Waals surface area contributed by atoms with Crippen LogP contribution < -0.4 is 10.6 Å². The monoisotopic (exact) mass is 283 g/mol. The van der Waals surface area contributed by atoms with Crippen LogP contribution in [-0.4, -0.2) is 61.9 Å². The van der Waals surface area contributed by atoms with Crippen LogP contribution in [-0.2, 0) is 9.53 Å².